The summed E-state index contributed by atoms with van der Waals surface area (Å²) in [4.78, 5) is 22.8. The molecule has 2 rings (SSSR count). The molecule has 0 fully saturated rings. The Hall–Kier alpha value is -2.21. The summed E-state index contributed by atoms with van der Waals surface area (Å²) < 4.78 is 4.57. The van der Waals surface area contributed by atoms with Crippen LogP contribution in [0.15, 0.2) is 41.3 Å². The maximum atomic E-state index is 11.3. The molecule has 104 valence electrons. The second kappa shape index (κ2) is 6.29. The standard InChI is InChI=1S/C14H13NO4S/c1-19-14(18)15-11-7-6-9-4-2-3-5-10(9)13(11)20-8-12(16)17/h2-7H,8H2,1H3,(H,15,18)(H,16,17). The summed E-state index contributed by atoms with van der Waals surface area (Å²) in [5.41, 5.74) is 0.543. The van der Waals surface area contributed by atoms with Gasteiger partial charge in [-0.2, -0.15) is 0 Å². The molecule has 1 amide bonds. The normalized spacial score (nSPS) is 10.2. The number of hydrogen-bond donors (Lipinski definition) is 2. The van der Waals surface area contributed by atoms with Crippen LogP contribution < -0.4 is 5.32 Å². The molecule has 0 aliphatic heterocycles. The van der Waals surface area contributed by atoms with Crippen LogP contribution in [-0.2, 0) is 9.53 Å². The number of hydrogen-bond acceptors (Lipinski definition) is 4. The van der Waals surface area contributed by atoms with Crippen molar-refractivity contribution in [1.82, 2.24) is 0 Å². The Morgan fingerprint density at radius 3 is 2.70 bits per heavy atom. The summed E-state index contributed by atoms with van der Waals surface area (Å²) in [6, 6.07) is 11.2. The first-order chi connectivity index (χ1) is 9.61. The smallest absolute Gasteiger partial charge is 0.411 e. The highest BCUT2D eigenvalue weighted by molar-refractivity contribution is 8.00. The van der Waals surface area contributed by atoms with Gasteiger partial charge in [-0.25, -0.2) is 4.79 Å². The van der Waals surface area contributed by atoms with Gasteiger partial charge in [0.2, 0.25) is 0 Å². The average molecular weight is 291 g/mol. The first kappa shape index (κ1) is 14.2. The Morgan fingerprint density at radius 2 is 2.00 bits per heavy atom. The van der Waals surface area contributed by atoms with Crippen molar-refractivity contribution in [3.05, 3.63) is 36.4 Å². The number of carbonyl (C=O) groups is 2. The highest BCUT2D eigenvalue weighted by atomic mass is 32.2. The van der Waals surface area contributed by atoms with Gasteiger partial charge in [-0.05, 0) is 16.8 Å². The van der Waals surface area contributed by atoms with Gasteiger partial charge in [0.05, 0.1) is 18.6 Å². The molecule has 0 radical (unpaired) electrons. The molecule has 20 heavy (non-hydrogen) atoms. The minimum atomic E-state index is -0.910. The van der Waals surface area contributed by atoms with E-state index < -0.39 is 12.1 Å². The summed E-state index contributed by atoms with van der Waals surface area (Å²) in [6.45, 7) is 0. The number of fused-ring (bicyclic) bond motifs is 1. The third kappa shape index (κ3) is 3.21. The predicted octanol–water partition coefficient (Wildman–Crippen LogP) is 3.19. The zero-order valence-electron chi connectivity index (χ0n) is 10.8. The molecule has 5 nitrogen and oxygen atoms in total. The van der Waals surface area contributed by atoms with Crippen LogP contribution in [0.2, 0.25) is 0 Å². The molecule has 0 heterocycles. The summed E-state index contributed by atoms with van der Waals surface area (Å²) in [5.74, 6) is -0.990. The fourth-order valence-electron chi connectivity index (χ4n) is 1.79. The third-order valence-electron chi connectivity index (χ3n) is 2.64. The van der Waals surface area contributed by atoms with Gasteiger partial charge in [-0.15, -0.1) is 11.8 Å². The first-order valence-corrected chi connectivity index (χ1v) is 6.81. The van der Waals surface area contributed by atoms with Crippen molar-refractivity contribution < 1.29 is 19.4 Å². The summed E-state index contributed by atoms with van der Waals surface area (Å²) >= 11 is 1.17. The minimum Gasteiger partial charge on any atom is -0.481 e. The van der Waals surface area contributed by atoms with E-state index in [1.807, 2.05) is 30.3 Å². The number of methoxy groups -OCH3 is 1. The predicted molar refractivity (Wildman–Crippen MR) is 78.3 cm³/mol. The topological polar surface area (TPSA) is 75.6 Å². The average Bonchev–Trinajstić information content (AvgIpc) is 2.45. The lowest BCUT2D eigenvalue weighted by atomic mass is 10.1. The Morgan fingerprint density at radius 1 is 1.25 bits per heavy atom. The molecule has 0 atom stereocenters. The number of carbonyl (C=O) groups excluding carboxylic acids is 1. The van der Waals surface area contributed by atoms with Crippen LogP contribution in [0.4, 0.5) is 10.5 Å². The van der Waals surface area contributed by atoms with Gasteiger partial charge in [0.15, 0.2) is 0 Å². The van der Waals surface area contributed by atoms with Crippen molar-refractivity contribution in [3.63, 3.8) is 0 Å². The minimum absolute atomic E-state index is 0.0795. The zero-order valence-corrected chi connectivity index (χ0v) is 11.6. The van der Waals surface area contributed by atoms with Gasteiger partial charge in [-0.3, -0.25) is 10.1 Å². The molecule has 0 saturated heterocycles. The maximum Gasteiger partial charge on any atom is 0.411 e. The SMILES string of the molecule is COC(=O)Nc1ccc2ccccc2c1SCC(=O)O. The number of rotatable bonds is 4. The molecule has 0 bridgehead atoms. The largest absolute Gasteiger partial charge is 0.481 e. The monoisotopic (exact) mass is 291 g/mol. The lowest BCUT2D eigenvalue weighted by Crippen LogP contribution is -2.12. The van der Waals surface area contributed by atoms with Gasteiger partial charge < -0.3 is 9.84 Å². The number of ether oxygens (including phenoxy) is 1. The Balaban J connectivity index is 2.46. The molecule has 0 aromatic heterocycles. The molecule has 2 aromatic rings. The van der Waals surface area contributed by atoms with E-state index in [1.54, 1.807) is 6.07 Å². The van der Waals surface area contributed by atoms with Crippen LogP contribution in [0.3, 0.4) is 0 Å². The second-order valence-corrected chi connectivity index (χ2v) is 4.95. The highest BCUT2D eigenvalue weighted by Gasteiger charge is 2.12. The van der Waals surface area contributed by atoms with E-state index in [0.29, 0.717) is 5.69 Å². The van der Waals surface area contributed by atoms with E-state index in [-0.39, 0.29) is 5.75 Å². The Labute approximate surface area is 119 Å². The van der Waals surface area contributed by atoms with Crippen LogP contribution in [0, 0.1) is 0 Å². The third-order valence-corrected chi connectivity index (χ3v) is 3.76. The Bertz CT molecular complexity index is 657. The van der Waals surface area contributed by atoms with Gasteiger partial charge in [-0.1, -0.05) is 30.3 Å². The summed E-state index contributed by atoms with van der Waals surface area (Å²) in [5, 5.41) is 13.3. The first-order valence-electron chi connectivity index (χ1n) is 5.83. The van der Waals surface area contributed by atoms with E-state index in [1.165, 1.54) is 18.9 Å². The van der Waals surface area contributed by atoms with Crippen molar-refractivity contribution in [3.8, 4) is 0 Å². The molecular formula is C14H13NO4S. The molecule has 6 heteroatoms. The molecule has 0 aliphatic rings. The lowest BCUT2D eigenvalue weighted by molar-refractivity contribution is -0.133. The van der Waals surface area contributed by atoms with E-state index in [4.69, 9.17) is 5.11 Å². The lowest BCUT2D eigenvalue weighted by Gasteiger charge is -2.12. The van der Waals surface area contributed by atoms with Crippen molar-refractivity contribution in [2.24, 2.45) is 0 Å². The number of carboxylic acids is 1. The van der Waals surface area contributed by atoms with Crippen LogP contribution in [-0.4, -0.2) is 30.0 Å². The van der Waals surface area contributed by atoms with E-state index in [0.717, 1.165) is 15.7 Å². The number of nitrogens with one attached hydrogen (secondary N) is 1. The fourth-order valence-corrected chi connectivity index (χ4v) is 2.68. The second-order valence-electron chi connectivity index (χ2n) is 3.96. The van der Waals surface area contributed by atoms with E-state index in [2.05, 4.69) is 10.1 Å². The number of carboxylic acid groups (broad SMARTS) is 1. The van der Waals surface area contributed by atoms with Crippen molar-refractivity contribution >= 4 is 40.3 Å². The quantitative estimate of drug-likeness (QED) is 0.846. The van der Waals surface area contributed by atoms with Crippen LogP contribution >= 0.6 is 11.8 Å². The van der Waals surface area contributed by atoms with Gasteiger partial charge >= 0.3 is 12.1 Å². The van der Waals surface area contributed by atoms with Crippen LogP contribution in [0.25, 0.3) is 10.8 Å². The molecule has 0 saturated carbocycles. The number of anilines is 1. The molecular weight excluding hydrogens is 278 g/mol. The molecule has 0 aliphatic carbocycles. The number of amides is 1. The summed E-state index contributed by atoms with van der Waals surface area (Å²) in [7, 11) is 1.28. The number of benzene rings is 2. The van der Waals surface area contributed by atoms with Crippen LogP contribution in [0.5, 0.6) is 0 Å². The van der Waals surface area contributed by atoms with E-state index >= 15 is 0 Å². The Kier molecular flexibility index (Phi) is 4.47. The molecule has 0 spiro atoms. The fraction of sp³-hybridized carbons (Fsp3) is 0.143. The maximum absolute atomic E-state index is 11.3. The number of thioether (sulfide) groups is 1. The van der Waals surface area contributed by atoms with Gasteiger partial charge in [0.1, 0.15) is 0 Å². The number of aliphatic carboxylic acids is 1. The van der Waals surface area contributed by atoms with Gasteiger partial charge in [0, 0.05) is 4.90 Å². The molecule has 2 N–H and O–H groups in total. The van der Waals surface area contributed by atoms with Crippen molar-refractivity contribution in [2.75, 3.05) is 18.2 Å². The zero-order chi connectivity index (χ0) is 14.5. The molecule has 0 unspecified atom stereocenters. The molecule has 2 aromatic carbocycles. The summed E-state index contributed by atoms with van der Waals surface area (Å²) in [6.07, 6.45) is -0.586. The highest BCUT2D eigenvalue weighted by Crippen LogP contribution is 2.35. The van der Waals surface area contributed by atoms with E-state index in [9.17, 15) is 9.59 Å². The van der Waals surface area contributed by atoms with Gasteiger partial charge in [0.25, 0.3) is 0 Å². The van der Waals surface area contributed by atoms with Crippen LogP contribution in [0.1, 0.15) is 0 Å². The van der Waals surface area contributed by atoms with Crippen molar-refractivity contribution in [2.45, 2.75) is 4.90 Å². The van der Waals surface area contributed by atoms with Crippen molar-refractivity contribution in [1.29, 1.82) is 0 Å².